The van der Waals surface area contributed by atoms with Crippen LogP contribution in [0.1, 0.15) is 20.3 Å². The summed E-state index contributed by atoms with van der Waals surface area (Å²) in [6.07, 6.45) is 5.55. The van der Waals surface area contributed by atoms with Gasteiger partial charge in [0.25, 0.3) is 0 Å². The van der Waals surface area contributed by atoms with Crippen molar-refractivity contribution in [3.05, 3.63) is 12.2 Å². The normalized spacial score (nSPS) is 12.2. The molecule has 0 aromatic rings. The van der Waals surface area contributed by atoms with Gasteiger partial charge in [0.05, 0.1) is 0 Å². The van der Waals surface area contributed by atoms with E-state index in [1.165, 1.54) is 13.0 Å². The molecule has 0 aliphatic rings. The molecule has 0 amide bonds. The van der Waals surface area contributed by atoms with E-state index in [-0.39, 0.29) is 0 Å². The van der Waals surface area contributed by atoms with E-state index in [1.54, 1.807) is 0 Å². The zero-order valence-electron chi connectivity index (χ0n) is 8.45. The molecule has 0 bridgehead atoms. The first-order valence-electron chi connectivity index (χ1n) is 4.61. The minimum Gasteiger partial charge on any atom is -0.303 e. The topological polar surface area (TPSA) is 3.24 Å². The molecule has 0 rings (SSSR count). The van der Waals surface area contributed by atoms with Gasteiger partial charge >= 0.3 is 0 Å². The number of hydrogen-bond acceptors (Lipinski definition) is 2. The first kappa shape index (κ1) is 12.0. The predicted molar refractivity (Wildman–Crippen MR) is 59.9 cm³/mol. The Morgan fingerprint density at radius 2 is 2.00 bits per heavy atom. The van der Waals surface area contributed by atoms with Gasteiger partial charge in [0.1, 0.15) is 0 Å². The fourth-order valence-electron chi connectivity index (χ4n) is 0.899. The lowest BCUT2D eigenvalue weighted by Crippen LogP contribution is -2.20. The first-order chi connectivity index (χ1) is 5.66. The highest BCUT2D eigenvalue weighted by Gasteiger charge is 1.97. The molecule has 0 fully saturated rings. The molecule has 0 aliphatic carbocycles. The van der Waals surface area contributed by atoms with Crippen LogP contribution in [-0.2, 0) is 0 Å². The van der Waals surface area contributed by atoms with Crippen LogP contribution in [0.4, 0.5) is 0 Å². The van der Waals surface area contributed by atoms with E-state index in [4.69, 9.17) is 0 Å². The highest BCUT2D eigenvalue weighted by Crippen LogP contribution is 2.00. The van der Waals surface area contributed by atoms with Crippen LogP contribution in [-0.4, -0.2) is 30.8 Å². The largest absolute Gasteiger partial charge is 0.303 e. The Kier molecular flexibility index (Phi) is 7.72. The predicted octanol–water partition coefficient (Wildman–Crippen LogP) is 2.45. The number of likely N-dealkylation sites (N-methyl/N-ethyl adjacent to an activating group) is 1. The maximum Gasteiger partial charge on any atom is 0.0160 e. The van der Waals surface area contributed by atoms with Crippen molar-refractivity contribution in [3.63, 3.8) is 0 Å². The van der Waals surface area contributed by atoms with Gasteiger partial charge < -0.3 is 4.90 Å². The van der Waals surface area contributed by atoms with Crippen LogP contribution in [0.5, 0.6) is 0 Å². The molecule has 0 N–H and O–H groups in total. The van der Waals surface area contributed by atoms with E-state index in [2.05, 4.69) is 50.6 Å². The van der Waals surface area contributed by atoms with Crippen molar-refractivity contribution >= 4 is 12.6 Å². The van der Waals surface area contributed by atoms with Crippen molar-refractivity contribution in [1.29, 1.82) is 0 Å². The van der Waals surface area contributed by atoms with Crippen molar-refractivity contribution in [2.45, 2.75) is 20.3 Å². The fourth-order valence-corrected chi connectivity index (χ4v) is 1.05. The summed E-state index contributed by atoms with van der Waals surface area (Å²) in [5.41, 5.74) is 0. The van der Waals surface area contributed by atoms with Gasteiger partial charge in [-0.25, -0.2) is 0 Å². The van der Waals surface area contributed by atoms with Gasteiger partial charge in [-0.1, -0.05) is 26.0 Å². The van der Waals surface area contributed by atoms with Gasteiger partial charge in [0, 0.05) is 12.3 Å². The second-order valence-electron chi connectivity index (χ2n) is 3.60. The smallest absolute Gasteiger partial charge is 0.0160 e. The van der Waals surface area contributed by atoms with Gasteiger partial charge in [0.15, 0.2) is 0 Å². The lowest BCUT2D eigenvalue weighted by Gasteiger charge is -2.15. The molecule has 72 valence electrons. The lowest BCUT2D eigenvalue weighted by molar-refractivity contribution is 0.339. The van der Waals surface area contributed by atoms with Crippen LogP contribution < -0.4 is 0 Å². The average Bonchev–Trinajstić information content (AvgIpc) is 2.01. The fraction of sp³-hybridized carbons (Fsp3) is 0.800. The van der Waals surface area contributed by atoms with Gasteiger partial charge in [-0.2, -0.15) is 12.6 Å². The minimum atomic E-state index is 0.807. The van der Waals surface area contributed by atoms with E-state index in [0.29, 0.717) is 0 Å². The van der Waals surface area contributed by atoms with Gasteiger partial charge in [-0.05, 0) is 25.9 Å². The molecule has 0 saturated carbocycles. The number of hydrogen-bond donors (Lipinski definition) is 1. The molecule has 0 saturated heterocycles. The number of thiol groups is 1. The Morgan fingerprint density at radius 3 is 2.50 bits per heavy atom. The summed E-state index contributed by atoms with van der Waals surface area (Å²) in [6, 6.07) is 0. The summed E-state index contributed by atoms with van der Waals surface area (Å²) in [5.74, 6) is 1.65. The molecular formula is C10H21NS. The lowest BCUT2D eigenvalue weighted by atomic mass is 10.1. The third-order valence-corrected chi connectivity index (χ3v) is 1.99. The Balaban J connectivity index is 3.33. The van der Waals surface area contributed by atoms with Crippen LogP contribution in [0.3, 0.4) is 0 Å². The van der Waals surface area contributed by atoms with E-state index in [9.17, 15) is 0 Å². The van der Waals surface area contributed by atoms with E-state index >= 15 is 0 Å². The maximum atomic E-state index is 4.10. The summed E-state index contributed by atoms with van der Waals surface area (Å²) in [7, 11) is 2.16. The Bertz CT molecular complexity index is 121. The van der Waals surface area contributed by atoms with Crippen LogP contribution in [0.15, 0.2) is 12.2 Å². The molecule has 0 unspecified atom stereocenters. The maximum absolute atomic E-state index is 4.10. The van der Waals surface area contributed by atoms with Crippen molar-refractivity contribution < 1.29 is 0 Å². The number of rotatable bonds is 6. The van der Waals surface area contributed by atoms with Gasteiger partial charge in [-0.15, -0.1) is 0 Å². The van der Waals surface area contributed by atoms with E-state index < -0.39 is 0 Å². The van der Waals surface area contributed by atoms with Gasteiger partial charge in [0.2, 0.25) is 0 Å². The SMILES string of the molecule is CC(C)CCN(C)CC=CCS. The van der Waals surface area contributed by atoms with Crippen molar-refractivity contribution in [2.24, 2.45) is 5.92 Å². The monoisotopic (exact) mass is 187 g/mol. The summed E-state index contributed by atoms with van der Waals surface area (Å²) < 4.78 is 0. The van der Waals surface area contributed by atoms with Gasteiger partial charge in [-0.3, -0.25) is 0 Å². The third kappa shape index (κ3) is 8.15. The molecule has 0 heterocycles. The van der Waals surface area contributed by atoms with E-state index in [0.717, 1.165) is 18.2 Å². The minimum absolute atomic E-state index is 0.807. The summed E-state index contributed by atoms with van der Waals surface area (Å²) in [6.45, 7) is 6.76. The highest BCUT2D eigenvalue weighted by atomic mass is 32.1. The third-order valence-electron chi connectivity index (χ3n) is 1.78. The molecule has 0 aliphatic heterocycles. The Morgan fingerprint density at radius 1 is 1.33 bits per heavy atom. The molecule has 0 aromatic heterocycles. The van der Waals surface area contributed by atoms with E-state index in [1.807, 2.05) is 0 Å². The van der Waals surface area contributed by atoms with Crippen LogP contribution in [0.25, 0.3) is 0 Å². The molecule has 0 radical (unpaired) electrons. The Labute approximate surface area is 82.2 Å². The standard InChI is InChI=1S/C10H21NS/c1-10(2)6-8-11(3)7-4-5-9-12/h4-5,10,12H,6-9H2,1-3H3. The highest BCUT2D eigenvalue weighted by molar-refractivity contribution is 7.80. The molecule has 2 heteroatoms. The van der Waals surface area contributed by atoms with Crippen LogP contribution in [0.2, 0.25) is 0 Å². The molecule has 12 heavy (non-hydrogen) atoms. The molecule has 1 nitrogen and oxygen atoms in total. The quantitative estimate of drug-likeness (QED) is 0.494. The van der Waals surface area contributed by atoms with Crippen molar-refractivity contribution in [3.8, 4) is 0 Å². The zero-order chi connectivity index (χ0) is 9.40. The average molecular weight is 187 g/mol. The second-order valence-corrected chi connectivity index (χ2v) is 3.96. The summed E-state index contributed by atoms with van der Waals surface area (Å²) >= 11 is 4.10. The van der Waals surface area contributed by atoms with Crippen molar-refractivity contribution in [1.82, 2.24) is 4.90 Å². The summed E-state index contributed by atoms with van der Waals surface area (Å²) in [5, 5.41) is 0. The Hall–Kier alpha value is 0.0500. The second kappa shape index (κ2) is 7.69. The summed E-state index contributed by atoms with van der Waals surface area (Å²) in [4.78, 5) is 2.33. The van der Waals surface area contributed by atoms with Crippen LogP contribution in [0, 0.1) is 5.92 Å². The molecule has 0 aromatic carbocycles. The van der Waals surface area contributed by atoms with Crippen molar-refractivity contribution in [2.75, 3.05) is 25.9 Å². The molecular weight excluding hydrogens is 166 g/mol. The first-order valence-corrected chi connectivity index (χ1v) is 5.24. The molecule has 0 atom stereocenters. The zero-order valence-corrected chi connectivity index (χ0v) is 9.35. The van der Waals surface area contributed by atoms with Crippen LogP contribution >= 0.6 is 12.6 Å². The molecule has 0 spiro atoms. The number of nitrogens with zero attached hydrogens (tertiary/aromatic N) is 1.